The first-order valence-electron chi connectivity index (χ1n) is 11.1. The van der Waals surface area contributed by atoms with Gasteiger partial charge in [0.1, 0.15) is 0 Å². The van der Waals surface area contributed by atoms with Crippen molar-refractivity contribution in [2.75, 3.05) is 13.1 Å². The van der Waals surface area contributed by atoms with Crippen LogP contribution in [0.15, 0.2) is 82.1 Å². The van der Waals surface area contributed by atoms with Crippen molar-refractivity contribution in [2.45, 2.75) is 51.3 Å². The summed E-state index contributed by atoms with van der Waals surface area (Å²) in [5, 5.41) is 11.7. The summed E-state index contributed by atoms with van der Waals surface area (Å²) in [5.74, 6) is 0. The van der Waals surface area contributed by atoms with Crippen molar-refractivity contribution in [1.82, 2.24) is 9.62 Å². The average molecular weight is 432 g/mol. The van der Waals surface area contributed by atoms with E-state index in [0.717, 1.165) is 50.0 Å². The molecule has 0 spiro atoms. The monoisotopic (exact) mass is 431 g/mol. The topological polar surface area (TPSA) is 39.1 Å². The third-order valence-corrected chi connectivity index (χ3v) is 7.86. The molecule has 1 unspecified atom stereocenters. The molecule has 0 bridgehead atoms. The van der Waals surface area contributed by atoms with Gasteiger partial charge in [0.15, 0.2) is 0 Å². The Morgan fingerprint density at radius 3 is 2.65 bits per heavy atom. The standard InChI is InChI=1S/C27H33N3S/c1-5-27-16-22(17-28)26(29-24-9-6-19(2)7-10-24)15-23(27)12-13-30(18-27)31-25-11-8-20(3)21(4)14-25/h5-6,8-9,11,14-15,17,28-29H,1,7,10,12-13,16,18H2,2-4H3. The number of allylic oxidation sites excluding steroid dienone is 6. The number of hydrogen-bond donors (Lipinski definition) is 2. The lowest BCUT2D eigenvalue weighted by Crippen LogP contribution is -2.43. The van der Waals surface area contributed by atoms with Gasteiger partial charge in [0, 0.05) is 41.0 Å². The second-order valence-electron chi connectivity index (χ2n) is 9.07. The third kappa shape index (κ3) is 4.65. The molecule has 1 aromatic carbocycles. The number of benzene rings is 1. The van der Waals surface area contributed by atoms with Gasteiger partial charge in [-0.3, -0.25) is 0 Å². The highest BCUT2D eigenvalue weighted by molar-refractivity contribution is 7.97. The first-order valence-corrected chi connectivity index (χ1v) is 11.9. The number of nitrogens with zero attached hydrogens (tertiary/aromatic N) is 1. The fourth-order valence-electron chi connectivity index (χ4n) is 4.61. The van der Waals surface area contributed by atoms with Gasteiger partial charge in [-0.1, -0.05) is 29.4 Å². The average Bonchev–Trinajstić information content (AvgIpc) is 2.77. The molecule has 4 rings (SSSR count). The molecular formula is C27H33N3S. The highest BCUT2D eigenvalue weighted by Crippen LogP contribution is 2.47. The van der Waals surface area contributed by atoms with Crippen LogP contribution >= 0.6 is 11.9 Å². The molecular weight excluding hydrogens is 398 g/mol. The number of hydrogen-bond acceptors (Lipinski definition) is 4. The van der Waals surface area contributed by atoms with Crippen molar-refractivity contribution in [3.05, 3.63) is 88.3 Å². The number of rotatable bonds is 6. The van der Waals surface area contributed by atoms with Crippen LogP contribution in [0.25, 0.3) is 0 Å². The van der Waals surface area contributed by atoms with Crippen LogP contribution in [0.1, 0.15) is 43.7 Å². The Labute approximate surface area is 191 Å². The molecule has 3 nitrogen and oxygen atoms in total. The Morgan fingerprint density at radius 2 is 1.97 bits per heavy atom. The molecule has 1 aromatic rings. The zero-order chi connectivity index (χ0) is 22.0. The summed E-state index contributed by atoms with van der Waals surface area (Å²) in [4.78, 5) is 1.29. The van der Waals surface area contributed by atoms with Gasteiger partial charge in [0.2, 0.25) is 0 Å². The smallest absolute Gasteiger partial charge is 0.0429 e. The molecule has 162 valence electrons. The maximum Gasteiger partial charge on any atom is 0.0429 e. The summed E-state index contributed by atoms with van der Waals surface area (Å²) in [6, 6.07) is 6.71. The van der Waals surface area contributed by atoms with E-state index in [0.29, 0.717) is 0 Å². The van der Waals surface area contributed by atoms with Gasteiger partial charge >= 0.3 is 0 Å². The summed E-state index contributed by atoms with van der Waals surface area (Å²) < 4.78 is 2.47. The van der Waals surface area contributed by atoms with Crippen LogP contribution in [0.4, 0.5) is 0 Å². The van der Waals surface area contributed by atoms with Crippen molar-refractivity contribution in [3.8, 4) is 0 Å². The van der Waals surface area contributed by atoms with E-state index in [1.54, 1.807) is 0 Å². The molecule has 0 amide bonds. The highest BCUT2D eigenvalue weighted by Gasteiger charge is 2.40. The lowest BCUT2D eigenvalue weighted by atomic mass is 9.68. The normalized spacial score (nSPS) is 24.0. The molecule has 2 N–H and O–H groups in total. The largest absolute Gasteiger partial charge is 0.359 e. The minimum Gasteiger partial charge on any atom is -0.359 e. The maximum atomic E-state index is 8.08. The van der Waals surface area contributed by atoms with E-state index >= 15 is 0 Å². The molecule has 4 heteroatoms. The SMILES string of the molecule is C=CC12CC(C=N)=C(NC3=CC=C(C)CC3)C=C1CCN(Sc1ccc(C)c(C)c1)C2. The Morgan fingerprint density at radius 1 is 1.13 bits per heavy atom. The molecule has 0 radical (unpaired) electrons. The first kappa shape index (κ1) is 21.9. The second-order valence-corrected chi connectivity index (χ2v) is 10.2. The van der Waals surface area contributed by atoms with E-state index < -0.39 is 0 Å². The lowest BCUT2D eigenvalue weighted by molar-refractivity contribution is 0.277. The maximum absolute atomic E-state index is 8.08. The minimum absolute atomic E-state index is 0.0967. The molecule has 1 atom stereocenters. The summed E-state index contributed by atoms with van der Waals surface area (Å²) in [6.45, 7) is 12.7. The van der Waals surface area contributed by atoms with E-state index in [1.165, 1.54) is 39.1 Å². The van der Waals surface area contributed by atoms with Crippen molar-refractivity contribution < 1.29 is 0 Å². The number of nitrogens with one attached hydrogen (secondary N) is 2. The first-order chi connectivity index (χ1) is 14.9. The van der Waals surface area contributed by atoms with Crippen molar-refractivity contribution in [3.63, 3.8) is 0 Å². The molecule has 1 heterocycles. The predicted octanol–water partition coefficient (Wildman–Crippen LogP) is 6.64. The number of piperidine rings is 1. The van der Waals surface area contributed by atoms with Crippen molar-refractivity contribution in [2.24, 2.45) is 5.41 Å². The Bertz CT molecular complexity index is 1030. The van der Waals surface area contributed by atoms with Crippen LogP contribution < -0.4 is 5.32 Å². The minimum atomic E-state index is -0.0967. The summed E-state index contributed by atoms with van der Waals surface area (Å²) in [5.41, 5.74) is 8.84. The lowest BCUT2D eigenvalue weighted by Gasteiger charge is -2.45. The molecule has 1 aliphatic heterocycles. The van der Waals surface area contributed by atoms with Crippen LogP contribution in [0, 0.1) is 24.7 Å². The zero-order valence-corrected chi connectivity index (χ0v) is 19.7. The summed E-state index contributed by atoms with van der Waals surface area (Å²) in [6.07, 6.45) is 14.3. The fraction of sp³-hybridized carbons (Fsp3) is 0.370. The molecule has 1 fully saturated rings. The quantitative estimate of drug-likeness (QED) is 0.301. The van der Waals surface area contributed by atoms with Crippen LogP contribution in [0.5, 0.6) is 0 Å². The van der Waals surface area contributed by atoms with Crippen LogP contribution in [0.3, 0.4) is 0 Å². The van der Waals surface area contributed by atoms with Gasteiger partial charge in [0.05, 0.1) is 0 Å². The van der Waals surface area contributed by atoms with E-state index in [-0.39, 0.29) is 5.41 Å². The highest BCUT2D eigenvalue weighted by atomic mass is 32.2. The predicted molar refractivity (Wildman–Crippen MR) is 133 cm³/mol. The Balaban J connectivity index is 1.54. The summed E-state index contributed by atoms with van der Waals surface area (Å²) in [7, 11) is 0. The van der Waals surface area contributed by atoms with Gasteiger partial charge in [-0.15, -0.1) is 6.58 Å². The van der Waals surface area contributed by atoms with Crippen LogP contribution in [-0.2, 0) is 0 Å². The molecule has 0 aromatic heterocycles. The Kier molecular flexibility index (Phi) is 6.40. The Hall–Kier alpha value is -2.30. The molecule has 31 heavy (non-hydrogen) atoms. The third-order valence-electron chi connectivity index (χ3n) is 6.83. The van der Waals surface area contributed by atoms with E-state index in [9.17, 15) is 0 Å². The van der Waals surface area contributed by atoms with E-state index in [2.05, 4.69) is 79.5 Å². The fourth-order valence-corrected chi connectivity index (χ4v) is 5.74. The van der Waals surface area contributed by atoms with E-state index in [4.69, 9.17) is 5.41 Å². The van der Waals surface area contributed by atoms with E-state index in [1.807, 2.05) is 11.9 Å². The number of aryl methyl sites for hydroxylation is 2. The van der Waals surface area contributed by atoms with Gasteiger partial charge < -0.3 is 10.7 Å². The van der Waals surface area contributed by atoms with Gasteiger partial charge in [-0.05, 0) is 99.4 Å². The number of fused-ring (bicyclic) bond motifs is 1. The molecule has 1 saturated heterocycles. The van der Waals surface area contributed by atoms with Crippen molar-refractivity contribution >= 4 is 18.2 Å². The second kappa shape index (κ2) is 9.05. The molecule has 3 aliphatic rings. The van der Waals surface area contributed by atoms with Gasteiger partial charge in [0.25, 0.3) is 0 Å². The van der Waals surface area contributed by atoms with Crippen molar-refractivity contribution in [1.29, 1.82) is 5.41 Å². The zero-order valence-electron chi connectivity index (χ0n) is 18.9. The molecule has 2 aliphatic carbocycles. The molecule has 0 saturated carbocycles. The summed E-state index contributed by atoms with van der Waals surface area (Å²) >= 11 is 1.85. The van der Waals surface area contributed by atoms with Gasteiger partial charge in [-0.2, -0.15) is 0 Å². The van der Waals surface area contributed by atoms with Gasteiger partial charge in [-0.25, -0.2) is 4.31 Å². The van der Waals surface area contributed by atoms with Crippen LogP contribution in [-0.4, -0.2) is 23.6 Å². The van der Waals surface area contributed by atoms with Crippen LogP contribution in [0.2, 0.25) is 0 Å².